The lowest BCUT2D eigenvalue weighted by Crippen LogP contribution is -2.55. The molecule has 3 aromatic rings. The van der Waals surface area contributed by atoms with E-state index < -0.39 is 30.5 Å². The van der Waals surface area contributed by atoms with Crippen molar-refractivity contribution in [2.75, 3.05) is 13.1 Å². The molecule has 38 heavy (non-hydrogen) atoms. The largest absolute Gasteiger partial charge is 0.480 e. The van der Waals surface area contributed by atoms with Crippen molar-refractivity contribution in [1.82, 2.24) is 15.5 Å². The van der Waals surface area contributed by atoms with Gasteiger partial charge in [-0.3, -0.25) is 25.1 Å². The Morgan fingerprint density at radius 1 is 1.03 bits per heavy atom. The van der Waals surface area contributed by atoms with E-state index in [0.29, 0.717) is 24.3 Å². The molecule has 2 aromatic carbocycles. The van der Waals surface area contributed by atoms with E-state index in [-0.39, 0.29) is 24.2 Å². The third kappa shape index (κ3) is 6.45. The fraction of sp³-hybridized carbons (Fsp3) is 0.286. The Hall–Kier alpha value is -4.02. The standard InChI is InChI=1S/C28H31N5O4S/c29-26(30)22-14-13-20(38-22)16-32-27(36)21-12-7-15-33(21)28(37)25(31-17-23(34)35)24(18-8-3-1-4-9-18)19-10-5-2-6-11-19/h1-6,8-11,13-14,21,24-25,31H,7,12,15-17H2,(H3,29,30)(H,32,36)(H,34,35)/t21?,25-/m1/s1. The molecule has 4 rings (SSSR count). The fourth-order valence-electron chi connectivity index (χ4n) is 4.83. The SMILES string of the molecule is N=C(N)c1ccc(CNC(=O)C2CCCN2C(=O)[C@H](NCC(=O)O)C(c2ccccc2)c2ccccc2)s1. The van der Waals surface area contributed by atoms with E-state index in [1.54, 1.807) is 11.0 Å². The number of thiophene rings is 1. The molecule has 0 radical (unpaired) electrons. The van der Waals surface area contributed by atoms with Gasteiger partial charge < -0.3 is 21.1 Å². The number of likely N-dealkylation sites (tertiary alicyclic amines) is 1. The summed E-state index contributed by atoms with van der Waals surface area (Å²) in [5.41, 5.74) is 7.27. The van der Waals surface area contributed by atoms with Crippen LogP contribution in [0.3, 0.4) is 0 Å². The van der Waals surface area contributed by atoms with Crippen LogP contribution in [0.2, 0.25) is 0 Å². The molecule has 2 amide bonds. The zero-order valence-electron chi connectivity index (χ0n) is 20.8. The van der Waals surface area contributed by atoms with Crippen molar-refractivity contribution >= 4 is 35.0 Å². The van der Waals surface area contributed by atoms with Crippen LogP contribution < -0.4 is 16.4 Å². The number of benzene rings is 2. The number of hydrogen-bond acceptors (Lipinski definition) is 6. The van der Waals surface area contributed by atoms with E-state index in [4.69, 9.17) is 11.1 Å². The van der Waals surface area contributed by atoms with Gasteiger partial charge >= 0.3 is 5.97 Å². The molecule has 0 spiro atoms. The van der Waals surface area contributed by atoms with Crippen molar-refractivity contribution in [3.05, 3.63) is 93.7 Å². The first kappa shape index (κ1) is 27.0. The van der Waals surface area contributed by atoms with Gasteiger partial charge in [-0.15, -0.1) is 11.3 Å². The van der Waals surface area contributed by atoms with E-state index in [9.17, 15) is 19.5 Å². The third-order valence-electron chi connectivity index (χ3n) is 6.59. The fourth-order valence-corrected chi connectivity index (χ4v) is 5.64. The third-order valence-corrected chi connectivity index (χ3v) is 7.71. The summed E-state index contributed by atoms with van der Waals surface area (Å²) in [6.07, 6.45) is 1.19. The Morgan fingerprint density at radius 3 is 2.21 bits per heavy atom. The molecule has 1 fully saturated rings. The molecule has 6 N–H and O–H groups in total. The lowest BCUT2D eigenvalue weighted by Gasteiger charge is -2.33. The molecular weight excluding hydrogens is 502 g/mol. The molecule has 2 heterocycles. The van der Waals surface area contributed by atoms with E-state index in [0.717, 1.165) is 16.0 Å². The Balaban J connectivity index is 1.58. The molecule has 1 aliphatic heterocycles. The normalized spacial score (nSPS) is 15.8. The lowest BCUT2D eigenvalue weighted by atomic mass is 9.84. The average Bonchev–Trinajstić information content (AvgIpc) is 3.61. The highest BCUT2D eigenvalue weighted by Gasteiger charge is 2.40. The van der Waals surface area contributed by atoms with Crippen molar-refractivity contribution in [2.24, 2.45) is 5.73 Å². The summed E-state index contributed by atoms with van der Waals surface area (Å²) in [6.45, 7) is 0.284. The van der Waals surface area contributed by atoms with Crippen LogP contribution in [-0.2, 0) is 20.9 Å². The summed E-state index contributed by atoms with van der Waals surface area (Å²) in [4.78, 5) is 41.8. The number of amides is 2. The molecule has 1 aliphatic rings. The second kappa shape index (κ2) is 12.5. The first-order chi connectivity index (χ1) is 18.3. The van der Waals surface area contributed by atoms with Gasteiger partial charge in [-0.05, 0) is 36.1 Å². The van der Waals surface area contributed by atoms with E-state index >= 15 is 0 Å². The molecule has 1 saturated heterocycles. The maximum atomic E-state index is 14.1. The van der Waals surface area contributed by atoms with Gasteiger partial charge in [-0.1, -0.05) is 60.7 Å². The van der Waals surface area contributed by atoms with Crippen LogP contribution in [0, 0.1) is 5.41 Å². The topological polar surface area (TPSA) is 149 Å². The number of nitrogen functional groups attached to an aromatic ring is 1. The van der Waals surface area contributed by atoms with Crippen molar-refractivity contribution < 1.29 is 19.5 Å². The van der Waals surface area contributed by atoms with E-state index in [1.165, 1.54) is 11.3 Å². The van der Waals surface area contributed by atoms with Crippen molar-refractivity contribution in [1.29, 1.82) is 5.41 Å². The average molecular weight is 534 g/mol. The van der Waals surface area contributed by atoms with Crippen molar-refractivity contribution in [3.8, 4) is 0 Å². The number of carboxylic acid groups (broad SMARTS) is 1. The monoisotopic (exact) mass is 533 g/mol. The lowest BCUT2D eigenvalue weighted by molar-refractivity contribution is -0.141. The molecule has 0 saturated carbocycles. The number of hydrogen-bond donors (Lipinski definition) is 5. The first-order valence-corrected chi connectivity index (χ1v) is 13.2. The number of nitrogens with one attached hydrogen (secondary N) is 3. The van der Waals surface area contributed by atoms with Gasteiger partial charge in [0, 0.05) is 17.3 Å². The summed E-state index contributed by atoms with van der Waals surface area (Å²) in [5, 5.41) is 22.8. The highest BCUT2D eigenvalue weighted by molar-refractivity contribution is 7.14. The summed E-state index contributed by atoms with van der Waals surface area (Å²) in [5.74, 6) is -2.12. The van der Waals surface area contributed by atoms with Crippen LogP contribution in [0.4, 0.5) is 0 Å². The molecular formula is C28H31N5O4S. The molecule has 9 nitrogen and oxygen atoms in total. The Kier molecular flexibility index (Phi) is 8.88. The van der Waals surface area contributed by atoms with Gasteiger partial charge in [0.25, 0.3) is 0 Å². The van der Waals surface area contributed by atoms with Crippen molar-refractivity contribution in [2.45, 2.75) is 37.4 Å². The molecule has 198 valence electrons. The van der Waals surface area contributed by atoms with Crippen molar-refractivity contribution in [3.63, 3.8) is 0 Å². The van der Waals surface area contributed by atoms with Gasteiger partial charge in [-0.2, -0.15) is 0 Å². The molecule has 10 heteroatoms. The van der Waals surface area contributed by atoms with Gasteiger partial charge in [0.15, 0.2) is 0 Å². The number of amidine groups is 1. The summed E-state index contributed by atoms with van der Waals surface area (Å²) in [7, 11) is 0. The number of aliphatic carboxylic acids is 1. The minimum Gasteiger partial charge on any atom is -0.480 e. The predicted octanol–water partition coefficient (Wildman–Crippen LogP) is 2.51. The van der Waals surface area contributed by atoms with Gasteiger partial charge in [0.05, 0.1) is 24.0 Å². The number of carbonyl (C=O) groups excluding carboxylic acids is 2. The summed E-state index contributed by atoms with van der Waals surface area (Å²) < 4.78 is 0. The molecule has 2 atom stereocenters. The highest BCUT2D eigenvalue weighted by atomic mass is 32.1. The molecule has 0 aliphatic carbocycles. The van der Waals surface area contributed by atoms with E-state index in [1.807, 2.05) is 66.7 Å². The zero-order chi connectivity index (χ0) is 27.1. The van der Waals surface area contributed by atoms with Crippen LogP contribution in [-0.4, -0.2) is 58.8 Å². The highest BCUT2D eigenvalue weighted by Crippen LogP contribution is 2.31. The zero-order valence-corrected chi connectivity index (χ0v) is 21.6. The number of carboxylic acids is 1. The minimum absolute atomic E-state index is 0.0218. The maximum Gasteiger partial charge on any atom is 0.317 e. The number of nitrogens with two attached hydrogens (primary N) is 1. The Bertz CT molecular complexity index is 1240. The number of rotatable bonds is 11. The van der Waals surface area contributed by atoms with Crippen LogP contribution >= 0.6 is 11.3 Å². The van der Waals surface area contributed by atoms with Crippen LogP contribution in [0.15, 0.2) is 72.8 Å². The van der Waals surface area contributed by atoms with Crippen LogP contribution in [0.1, 0.15) is 39.6 Å². The van der Waals surface area contributed by atoms with Gasteiger partial charge in [0.1, 0.15) is 11.9 Å². The smallest absolute Gasteiger partial charge is 0.317 e. The van der Waals surface area contributed by atoms with Gasteiger partial charge in [0.2, 0.25) is 11.8 Å². The number of nitrogens with zero attached hydrogens (tertiary/aromatic N) is 1. The molecule has 1 unspecified atom stereocenters. The first-order valence-electron chi connectivity index (χ1n) is 12.4. The number of carbonyl (C=O) groups is 3. The molecule has 0 bridgehead atoms. The van der Waals surface area contributed by atoms with Crippen LogP contribution in [0.5, 0.6) is 0 Å². The summed E-state index contributed by atoms with van der Waals surface area (Å²) >= 11 is 1.34. The second-order valence-electron chi connectivity index (χ2n) is 9.14. The maximum absolute atomic E-state index is 14.1. The van der Waals surface area contributed by atoms with E-state index in [2.05, 4.69) is 10.6 Å². The van der Waals surface area contributed by atoms with Gasteiger partial charge in [-0.25, -0.2) is 0 Å². The Labute approximate surface area is 225 Å². The summed E-state index contributed by atoms with van der Waals surface area (Å²) in [6, 6.07) is 21.0. The second-order valence-corrected chi connectivity index (χ2v) is 10.3. The van der Waals surface area contributed by atoms with Crippen LogP contribution in [0.25, 0.3) is 0 Å². The Morgan fingerprint density at radius 2 is 1.66 bits per heavy atom. The quantitative estimate of drug-likeness (QED) is 0.189. The molecule has 1 aromatic heterocycles. The minimum atomic E-state index is -1.07. The predicted molar refractivity (Wildman–Crippen MR) is 146 cm³/mol.